The summed E-state index contributed by atoms with van der Waals surface area (Å²) in [7, 11) is 0. The van der Waals surface area contributed by atoms with Crippen molar-refractivity contribution >= 4 is 21.9 Å². The monoisotopic (exact) mass is 457 g/mol. The lowest BCUT2D eigenvalue weighted by atomic mass is 10.1. The maximum Gasteiger partial charge on any atom is 0.164 e. The van der Waals surface area contributed by atoms with Crippen LogP contribution in [0.15, 0.2) is 48.9 Å². The van der Waals surface area contributed by atoms with Crippen LogP contribution in [0.5, 0.6) is 5.75 Å². The molecule has 2 aliphatic rings. The Balaban J connectivity index is 1.27. The summed E-state index contributed by atoms with van der Waals surface area (Å²) in [6.07, 6.45) is 2.13. The Bertz CT molecular complexity index is 1440. The number of benzene rings is 1. The second kappa shape index (κ2) is 7.74. The first-order valence-corrected chi connectivity index (χ1v) is 11.1. The molecule has 172 valence electrons. The van der Waals surface area contributed by atoms with Gasteiger partial charge in [-0.15, -0.1) is 0 Å². The molecule has 5 heterocycles. The first-order chi connectivity index (χ1) is 16.4. The molecule has 0 aliphatic carbocycles. The standard InChI is InChI=1S/C25H23N5O4/c1-14-18-8-9-30(23(18)28-13-27-14)24-22-21(33-25(2,3)34-22)20(32-24)12-31-17-7-5-15-4-6-16(11-26)29-19(15)10-17/h4-10,13,20-22,24H,12H2,1-3H3/t20-,21-,22-,24-/m1/s1. The lowest BCUT2D eigenvalue weighted by Crippen LogP contribution is -2.33. The molecule has 2 aliphatic heterocycles. The summed E-state index contributed by atoms with van der Waals surface area (Å²) in [4.78, 5) is 13.1. The molecule has 0 unspecified atom stereocenters. The number of aromatic nitrogens is 4. The molecule has 34 heavy (non-hydrogen) atoms. The average molecular weight is 457 g/mol. The van der Waals surface area contributed by atoms with Gasteiger partial charge in [0.25, 0.3) is 0 Å². The van der Waals surface area contributed by atoms with Gasteiger partial charge in [-0.05, 0) is 51.1 Å². The SMILES string of the molecule is Cc1ncnc2c1ccn2[C@@H]1O[C@H](COc2ccc3ccc(C#N)nc3c2)[C@H]2OC(C)(C)O[C@H]21. The van der Waals surface area contributed by atoms with Crippen molar-refractivity contribution in [3.8, 4) is 11.8 Å². The highest BCUT2D eigenvalue weighted by atomic mass is 16.8. The van der Waals surface area contributed by atoms with Gasteiger partial charge < -0.3 is 23.5 Å². The molecule has 1 aromatic carbocycles. The predicted molar refractivity (Wildman–Crippen MR) is 122 cm³/mol. The molecule has 9 nitrogen and oxygen atoms in total. The molecule has 0 spiro atoms. The molecule has 0 amide bonds. The molecule has 4 aromatic rings. The third-order valence-corrected chi connectivity index (χ3v) is 6.30. The Morgan fingerprint density at radius 1 is 1.12 bits per heavy atom. The Morgan fingerprint density at radius 2 is 1.94 bits per heavy atom. The summed E-state index contributed by atoms with van der Waals surface area (Å²) >= 11 is 0. The summed E-state index contributed by atoms with van der Waals surface area (Å²) in [6.45, 7) is 6.04. The number of ether oxygens (including phenoxy) is 4. The highest BCUT2D eigenvalue weighted by molar-refractivity contribution is 5.80. The van der Waals surface area contributed by atoms with Crippen LogP contribution in [0.1, 0.15) is 31.5 Å². The van der Waals surface area contributed by atoms with Gasteiger partial charge in [-0.25, -0.2) is 15.0 Å². The molecule has 0 radical (unpaired) electrons. The van der Waals surface area contributed by atoms with E-state index in [2.05, 4.69) is 21.0 Å². The van der Waals surface area contributed by atoms with E-state index in [9.17, 15) is 0 Å². The first-order valence-electron chi connectivity index (χ1n) is 11.1. The number of pyridine rings is 1. The summed E-state index contributed by atoms with van der Waals surface area (Å²) in [5.74, 6) is -0.0871. The molecule has 2 fully saturated rings. The van der Waals surface area contributed by atoms with Crippen molar-refractivity contribution in [2.24, 2.45) is 0 Å². The van der Waals surface area contributed by atoms with Crippen LogP contribution < -0.4 is 4.74 Å². The van der Waals surface area contributed by atoms with Crippen molar-refractivity contribution in [3.63, 3.8) is 0 Å². The summed E-state index contributed by atoms with van der Waals surface area (Å²) in [6, 6.07) is 13.3. The van der Waals surface area contributed by atoms with E-state index in [1.165, 1.54) is 0 Å². The molecule has 9 heteroatoms. The minimum absolute atomic E-state index is 0.272. The van der Waals surface area contributed by atoms with Gasteiger partial charge in [-0.1, -0.05) is 0 Å². The van der Waals surface area contributed by atoms with Crippen LogP contribution in [0.2, 0.25) is 0 Å². The van der Waals surface area contributed by atoms with Gasteiger partial charge in [0.05, 0.1) is 11.2 Å². The smallest absolute Gasteiger partial charge is 0.164 e. The van der Waals surface area contributed by atoms with E-state index in [1.54, 1.807) is 12.4 Å². The lowest BCUT2D eigenvalue weighted by Gasteiger charge is -2.25. The largest absolute Gasteiger partial charge is 0.491 e. The van der Waals surface area contributed by atoms with E-state index in [4.69, 9.17) is 24.2 Å². The Labute approximate surface area is 195 Å². The second-order valence-corrected chi connectivity index (χ2v) is 9.02. The number of hydrogen-bond acceptors (Lipinski definition) is 8. The van der Waals surface area contributed by atoms with E-state index in [-0.39, 0.29) is 24.9 Å². The van der Waals surface area contributed by atoms with Gasteiger partial charge in [0, 0.05) is 23.0 Å². The average Bonchev–Trinajstić information content (AvgIpc) is 3.48. The minimum atomic E-state index is -0.732. The third kappa shape index (κ3) is 3.47. The number of nitriles is 1. The molecule has 3 aromatic heterocycles. The topological polar surface area (TPSA) is 104 Å². The van der Waals surface area contributed by atoms with E-state index in [1.807, 2.05) is 61.9 Å². The fraction of sp³-hybridized carbons (Fsp3) is 0.360. The highest BCUT2D eigenvalue weighted by Gasteiger charge is 2.56. The van der Waals surface area contributed by atoms with E-state index in [0.717, 1.165) is 22.1 Å². The van der Waals surface area contributed by atoms with Crippen LogP contribution >= 0.6 is 0 Å². The Morgan fingerprint density at radius 3 is 2.79 bits per heavy atom. The molecule has 0 bridgehead atoms. The number of hydrogen-bond donors (Lipinski definition) is 0. The van der Waals surface area contributed by atoms with Gasteiger partial charge in [0.15, 0.2) is 12.0 Å². The van der Waals surface area contributed by atoms with Crippen molar-refractivity contribution < 1.29 is 18.9 Å². The summed E-state index contributed by atoms with van der Waals surface area (Å²) in [5.41, 5.74) is 2.77. The lowest BCUT2D eigenvalue weighted by molar-refractivity contribution is -0.198. The number of nitrogens with zero attached hydrogens (tertiary/aromatic N) is 5. The molecule has 2 saturated heterocycles. The third-order valence-electron chi connectivity index (χ3n) is 6.30. The van der Waals surface area contributed by atoms with Gasteiger partial charge >= 0.3 is 0 Å². The normalized spacial score (nSPS) is 25.5. The van der Waals surface area contributed by atoms with Gasteiger partial charge in [0.2, 0.25) is 0 Å². The zero-order valence-corrected chi connectivity index (χ0v) is 19.0. The maximum absolute atomic E-state index is 9.13. The van der Waals surface area contributed by atoms with Crippen molar-refractivity contribution in [2.45, 2.75) is 51.1 Å². The van der Waals surface area contributed by atoms with Gasteiger partial charge in [-0.3, -0.25) is 0 Å². The zero-order chi connectivity index (χ0) is 23.4. The Kier molecular flexibility index (Phi) is 4.78. The van der Waals surface area contributed by atoms with E-state index in [0.29, 0.717) is 17.0 Å². The van der Waals surface area contributed by atoms with Crippen LogP contribution in [0.3, 0.4) is 0 Å². The fourth-order valence-corrected chi connectivity index (χ4v) is 4.75. The number of rotatable bonds is 4. The van der Waals surface area contributed by atoms with E-state index >= 15 is 0 Å². The molecule has 4 atom stereocenters. The van der Waals surface area contributed by atoms with Crippen LogP contribution in [-0.4, -0.2) is 50.2 Å². The van der Waals surface area contributed by atoms with Crippen molar-refractivity contribution in [1.82, 2.24) is 19.5 Å². The molecule has 0 N–H and O–H groups in total. The summed E-state index contributed by atoms with van der Waals surface area (Å²) < 4.78 is 27.0. The van der Waals surface area contributed by atoms with Gasteiger partial charge in [0.1, 0.15) is 54.4 Å². The predicted octanol–water partition coefficient (Wildman–Crippen LogP) is 3.66. The highest BCUT2D eigenvalue weighted by Crippen LogP contribution is 2.44. The number of aryl methyl sites for hydroxylation is 1. The zero-order valence-electron chi connectivity index (χ0n) is 19.0. The van der Waals surface area contributed by atoms with E-state index < -0.39 is 12.0 Å². The van der Waals surface area contributed by atoms with Crippen molar-refractivity contribution in [1.29, 1.82) is 5.26 Å². The van der Waals surface area contributed by atoms with Crippen molar-refractivity contribution in [3.05, 3.63) is 60.3 Å². The van der Waals surface area contributed by atoms with Crippen molar-refractivity contribution in [2.75, 3.05) is 6.61 Å². The van der Waals surface area contributed by atoms with Crippen LogP contribution in [0.25, 0.3) is 21.9 Å². The van der Waals surface area contributed by atoms with Gasteiger partial charge in [-0.2, -0.15) is 5.26 Å². The molecular formula is C25H23N5O4. The molecule has 6 rings (SSSR count). The summed E-state index contributed by atoms with van der Waals surface area (Å²) in [5, 5.41) is 11.0. The maximum atomic E-state index is 9.13. The Hall–Kier alpha value is -3.58. The quantitative estimate of drug-likeness (QED) is 0.457. The fourth-order valence-electron chi connectivity index (χ4n) is 4.75. The van der Waals surface area contributed by atoms with Crippen LogP contribution in [0, 0.1) is 18.3 Å². The minimum Gasteiger partial charge on any atom is -0.491 e. The second-order valence-electron chi connectivity index (χ2n) is 9.02. The van der Waals surface area contributed by atoms with Crippen LogP contribution in [0.4, 0.5) is 0 Å². The van der Waals surface area contributed by atoms with Crippen LogP contribution in [-0.2, 0) is 14.2 Å². The first kappa shape index (κ1) is 21.0. The number of fused-ring (bicyclic) bond motifs is 3. The molecule has 0 saturated carbocycles. The molecular weight excluding hydrogens is 434 g/mol.